The van der Waals surface area contributed by atoms with E-state index in [9.17, 15) is 4.79 Å². The average molecular weight is 315 g/mol. The summed E-state index contributed by atoms with van der Waals surface area (Å²) in [6.45, 7) is 3.54. The summed E-state index contributed by atoms with van der Waals surface area (Å²) in [6, 6.07) is 15.5. The average Bonchev–Trinajstić information content (AvgIpc) is 2.55. The van der Waals surface area contributed by atoms with Gasteiger partial charge in [0.25, 0.3) is 5.91 Å². The quantitative estimate of drug-likeness (QED) is 0.940. The first-order valence-corrected chi connectivity index (χ1v) is 7.93. The number of nitrogens with one attached hydrogen (secondary N) is 1. The summed E-state index contributed by atoms with van der Waals surface area (Å²) in [5.41, 5.74) is 3.50. The van der Waals surface area contributed by atoms with Gasteiger partial charge in [-0.25, -0.2) is 0 Å². The van der Waals surface area contributed by atoms with Crippen molar-refractivity contribution in [1.29, 1.82) is 0 Å². The van der Waals surface area contributed by atoms with Crippen molar-refractivity contribution < 1.29 is 4.79 Å². The standard InChI is InChI=1S/C18H19ClN2O/c19-17-7-5-15(6-8-17)18(22)20-10-12-21-11-9-14-3-1-2-4-16(14)13-21/h1-8H,9-13H2,(H,20,22). The summed E-state index contributed by atoms with van der Waals surface area (Å²) in [7, 11) is 0. The molecule has 0 radical (unpaired) electrons. The van der Waals surface area contributed by atoms with E-state index in [2.05, 4.69) is 34.5 Å². The van der Waals surface area contributed by atoms with Gasteiger partial charge in [-0.05, 0) is 41.8 Å². The number of rotatable bonds is 4. The molecule has 0 atom stereocenters. The van der Waals surface area contributed by atoms with Crippen molar-refractivity contribution in [2.45, 2.75) is 13.0 Å². The maximum absolute atomic E-state index is 12.0. The number of halogens is 1. The number of nitrogens with zero attached hydrogens (tertiary/aromatic N) is 1. The SMILES string of the molecule is O=C(NCCN1CCc2ccccc2C1)c1ccc(Cl)cc1. The first kappa shape index (κ1) is 15.1. The molecular weight excluding hydrogens is 296 g/mol. The monoisotopic (exact) mass is 314 g/mol. The van der Waals surface area contributed by atoms with Crippen molar-refractivity contribution in [2.75, 3.05) is 19.6 Å². The van der Waals surface area contributed by atoms with Crippen LogP contribution in [0.4, 0.5) is 0 Å². The van der Waals surface area contributed by atoms with Crippen molar-refractivity contribution >= 4 is 17.5 Å². The normalized spacial score (nSPS) is 14.4. The summed E-state index contributed by atoms with van der Waals surface area (Å²) >= 11 is 5.83. The molecule has 4 heteroatoms. The molecule has 0 saturated carbocycles. The maximum Gasteiger partial charge on any atom is 0.251 e. The van der Waals surface area contributed by atoms with E-state index >= 15 is 0 Å². The smallest absolute Gasteiger partial charge is 0.251 e. The van der Waals surface area contributed by atoms with Crippen LogP contribution in [0.5, 0.6) is 0 Å². The molecular formula is C18H19ClN2O. The second-order valence-electron chi connectivity index (χ2n) is 5.56. The molecule has 0 bridgehead atoms. The lowest BCUT2D eigenvalue weighted by Gasteiger charge is -2.28. The lowest BCUT2D eigenvalue weighted by molar-refractivity contribution is 0.0947. The van der Waals surface area contributed by atoms with Crippen LogP contribution >= 0.6 is 11.6 Å². The van der Waals surface area contributed by atoms with E-state index in [1.54, 1.807) is 24.3 Å². The Balaban J connectivity index is 1.48. The zero-order valence-electron chi connectivity index (χ0n) is 12.4. The highest BCUT2D eigenvalue weighted by Gasteiger charge is 2.15. The predicted octanol–water partition coefficient (Wildman–Crippen LogP) is 3.13. The zero-order chi connectivity index (χ0) is 15.4. The number of benzene rings is 2. The highest BCUT2D eigenvalue weighted by atomic mass is 35.5. The number of hydrogen-bond acceptors (Lipinski definition) is 2. The van der Waals surface area contributed by atoms with Gasteiger partial charge in [0.05, 0.1) is 0 Å². The Hall–Kier alpha value is -1.84. The predicted molar refractivity (Wildman–Crippen MR) is 89.2 cm³/mol. The number of carbonyl (C=O) groups excluding carboxylic acids is 1. The fourth-order valence-electron chi connectivity index (χ4n) is 2.78. The van der Waals surface area contributed by atoms with Gasteiger partial charge >= 0.3 is 0 Å². The van der Waals surface area contributed by atoms with Gasteiger partial charge in [0, 0.05) is 36.8 Å². The Kier molecular flexibility index (Phi) is 4.76. The molecule has 3 nitrogen and oxygen atoms in total. The summed E-state index contributed by atoms with van der Waals surface area (Å²) in [5.74, 6) is -0.0472. The van der Waals surface area contributed by atoms with E-state index in [0.717, 1.165) is 26.1 Å². The zero-order valence-corrected chi connectivity index (χ0v) is 13.1. The third-order valence-electron chi connectivity index (χ3n) is 4.03. The summed E-state index contributed by atoms with van der Waals surface area (Å²) in [5, 5.41) is 3.61. The van der Waals surface area contributed by atoms with Gasteiger partial charge in [0.2, 0.25) is 0 Å². The van der Waals surface area contributed by atoms with Crippen LogP contribution in [0.2, 0.25) is 5.02 Å². The van der Waals surface area contributed by atoms with E-state index in [1.165, 1.54) is 11.1 Å². The number of hydrogen-bond donors (Lipinski definition) is 1. The molecule has 0 unspecified atom stereocenters. The van der Waals surface area contributed by atoms with E-state index in [4.69, 9.17) is 11.6 Å². The van der Waals surface area contributed by atoms with Crippen molar-refractivity contribution in [2.24, 2.45) is 0 Å². The van der Waals surface area contributed by atoms with Gasteiger partial charge in [-0.1, -0.05) is 35.9 Å². The van der Waals surface area contributed by atoms with Crippen molar-refractivity contribution in [1.82, 2.24) is 10.2 Å². The Morgan fingerprint density at radius 1 is 1.09 bits per heavy atom. The first-order chi connectivity index (χ1) is 10.7. The molecule has 0 aliphatic carbocycles. The molecule has 1 heterocycles. The van der Waals surface area contributed by atoms with Crippen molar-refractivity contribution in [3.05, 3.63) is 70.2 Å². The number of carbonyl (C=O) groups is 1. The molecule has 1 N–H and O–H groups in total. The van der Waals surface area contributed by atoms with Crippen molar-refractivity contribution in [3.8, 4) is 0 Å². The largest absolute Gasteiger partial charge is 0.351 e. The van der Waals surface area contributed by atoms with E-state index in [1.807, 2.05) is 0 Å². The van der Waals surface area contributed by atoms with E-state index < -0.39 is 0 Å². The highest BCUT2D eigenvalue weighted by Crippen LogP contribution is 2.17. The summed E-state index contributed by atoms with van der Waals surface area (Å²) in [4.78, 5) is 14.4. The third-order valence-corrected chi connectivity index (χ3v) is 4.28. The lowest BCUT2D eigenvalue weighted by Crippen LogP contribution is -2.37. The molecule has 0 saturated heterocycles. The van der Waals surface area contributed by atoms with Gasteiger partial charge in [0.1, 0.15) is 0 Å². The van der Waals surface area contributed by atoms with Gasteiger partial charge < -0.3 is 5.32 Å². The van der Waals surface area contributed by atoms with Gasteiger partial charge in [-0.2, -0.15) is 0 Å². The first-order valence-electron chi connectivity index (χ1n) is 7.55. The Morgan fingerprint density at radius 3 is 2.59 bits per heavy atom. The van der Waals surface area contributed by atoms with Crippen LogP contribution in [0.3, 0.4) is 0 Å². The number of amides is 1. The molecule has 2 aromatic rings. The minimum absolute atomic E-state index is 0.0472. The van der Waals surface area contributed by atoms with Crippen LogP contribution in [0, 0.1) is 0 Å². The van der Waals surface area contributed by atoms with E-state index in [0.29, 0.717) is 17.1 Å². The van der Waals surface area contributed by atoms with Crippen LogP contribution in [-0.2, 0) is 13.0 Å². The summed E-state index contributed by atoms with van der Waals surface area (Å²) < 4.78 is 0. The second-order valence-corrected chi connectivity index (χ2v) is 5.99. The van der Waals surface area contributed by atoms with Crippen LogP contribution in [0.15, 0.2) is 48.5 Å². The minimum Gasteiger partial charge on any atom is -0.351 e. The number of fused-ring (bicyclic) bond motifs is 1. The fourth-order valence-corrected chi connectivity index (χ4v) is 2.90. The molecule has 1 aliphatic rings. The Morgan fingerprint density at radius 2 is 1.82 bits per heavy atom. The molecule has 0 spiro atoms. The Bertz CT molecular complexity index is 654. The van der Waals surface area contributed by atoms with Gasteiger partial charge in [-0.3, -0.25) is 9.69 Å². The van der Waals surface area contributed by atoms with Crippen LogP contribution in [-0.4, -0.2) is 30.4 Å². The molecule has 22 heavy (non-hydrogen) atoms. The molecule has 0 fully saturated rings. The summed E-state index contributed by atoms with van der Waals surface area (Å²) in [6.07, 6.45) is 1.08. The fraction of sp³-hybridized carbons (Fsp3) is 0.278. The topological polar surface area (TPSA) is 32.3 Å². The van der Waals surface area contributed by atoms with E-state index in [-0.39, 0.29) is 5.91 Å². The lowest BCUT2D eigenvalue weighted by atomic mass is 10.00. The molecule has 2 aromatic carbocycles. The van der Waals surface area contributed by atoms with Crippen molar-refractivity contribution in [3.63, 3.8) is 0 Å². The maximum atomic E-state index is 12.0. The molecule has 0 aromatic heterocycles. The highest BCUT2D eigenvalue weighted by molar-refractivity contribution is 6.30. The Labute approximate surface area is 135 Å². The second kappa shape index (κ2) is 6.95. The van der Waals surface area contributed by atoms with Crippen LogP contribution in [0.25, 0.3) is 0 Å². The molecule has 1 amide bonds. The van der Waals surface area contributed by atoms with Crippen LogP contribution in [0.1, 0.15) is 21.5 Å². The minimum atomic E-state index is -0.0472. The molecule has 114 valence electrons. The third kappa shape index (κ3) is 3.67. The molecule has 3 rings (SSSR count). The van der Waals surface area contributed by atoms with Gasteiger partial charge in [-0.15, -0.1) is 0 Å². The molecule has 1 aliphatic heterocycles. The van der Waals surface area contributed by atoms with Gasteiger partial charge in [0.15, 0.2) is 0 Å². The van der Waals surface area contributed by atoms with Crippen LogP contribution < -0.4 is 5.32 Å².